The van der Waals surface area contributed by atoms with Crippen LogP contribution in [-0.4, -0.2) is 19.3 Å². The highest BCUT2D eigenvalue weighted by molar-refractivity contribution is 5.86. The lowest BCUT2D eigenvalue weighted by molar-refractivity contribution is -0.141. The molecule has 1 heterocycles. The Morgan fingerprint density at radius 2 is 2.64 bits per heavy atom. The first-order valence-electron chi connectivity index (χ1n) is 3.44. The zero-order chi connectivity index (χ0) is 8.27. The van der Waals surface area contributed by atoms with E-state index in [9.17, 15) is 4.79 Å². The normalized spacial score (nSPS) is 23.5. The summed E-state index contributed by atoms with van der Waals surface area (Å²) in [5.41, 5.74) is 5.45. The molecule has 1 aliphatic heterocycles. The van der Waals surface area contributed by atoms with Crippen LogP contribution in [0.4, 0.5) is 0 Å². The molecule has 0 bridgehead atoms. The van der Waals surface area contributed by atoms with Crippen molar-refractivity contribution >= 4 is 5.97 Å². The molecule has 0 spiro atoms. The zero-order valence-electron chi connectivity index (χ0n) is 6.37. The SMILES string of the molecule is COC(=O)C1=CCCC(N)O1. The van der Waals surface area contributed by atoms with Crippen molar-refractivity contribution in [2.75, 3.05) is 7.11 Å². The predicted molar refractivity (Wildman–Crippen MR) is 38.4 cm³/mol. The maximum atomic E-state index is 10.8. The minimum absolute atomic E-state index is 0.228. The van der Waals surface area contributed by atoms with Gasteiger partial charge in [0, 0.05) is 6.42 Å². The molecular formula is C7H11NO3. The fourth-order valence-corrected chi connectivity index (χ4v) is 0.881. The van der Waals surface area contributed by atoms with Gasteiger partial charge in [0.25, 0.3) is 0 Å². The molecule has 0 saturated carbocycles. The number of nitrogens with two attached hydrogens (primary N) is 1. The number of hydrogen-bond donors (Lipinski definition) is 1. The topological polar surface area (TPSA) is 61.5 Å². The van der Waals surface area contributed by atoms with Gasteiger partial charge in [-0.1, -0.05) is 0 Å². The van der Waals surface area contributed by atoms with Crippen LogP contribution in [0.2, 0.25) is 0 Å². The first kappa shape index (κ1) is 8.07. The summed E-state index contributed by atoms with van der Waals surface area (Å²) in [7, 11) is 1.31. The van der Waals surface area contributed by atoms with E-state index in [0.29, 0.717) is 0 Å². The largest absolute Gasteiger partial charge is 0.468 e. The summed E-state index contributed by atoms with van der Waals surface area (Å²) in [5, 5.41) is 0. The predicted octanol–water partition coefficient (Wildman–Crippen LogP) is 0.138. The van der Waals surface area contributed by atoms with E-state index in [1.807, 2.05) is 0 Å². The number of carbonyl (C=O) groups is 1. The third-order valence-corrected chi connectivity index (χ3v) is 1.45. The molecule has 0 aromatic heterocycles. The van der Waals surface area contributed by atoms with Crippen molar-refractivity contribution < 1.29 is 14.3 Å². The quantitative estimate of drug-likeness (QED) is 0.550. The summed E-state index contributed by atoms with van der Waals surface area (Å²) in [6.45, 7) is 0. The van der Waals surface area contributed by atoms with Crippen LogP contribution in [0.3, 0.4) is 0 Å². The standard InChI is InChI=1S/C7H11NO3/c1-10-7(9)5-3-2-4-6(8)11-5/h3,6H,2,4,8H2,1H3. The van der Waals surface area contributed by atoms with E-state index in [4.69, 9.17) is 10.5 Å². The van der Waals surface area contributed by atoms with Crippen molar-refractivity contribution in [2.45, 2.75) is 19.1 Å². The number of hydrogen-bond acceptors (Lipinski definition) is 4. The summed E-state index contributed by atoms with van der Waals surface area (Å²) in [6.07, 6.45) is 2.84. The van der Waals surface area contributed by atoms with Crippen LogP contribution in [0.5, 0.6) is 0 Å². The Balaban J connectivity index is 2.57. The maximum absolute atomic E-state index is 10.8. The smallest absolute Gasteiger partial charge is 0.373 e. The molecule has 62 valence electrons. The lowest BCUT2D eigenvalue weighted by Crippen LogP contribution is -2.28. The molecular weight excluding hydrogens is 146 g/mol. The van der Waals surface area contributed by atoms with E-state index >= 15 is 0 Å². The highest BCUT2D eigenvalue weighted by Crippen LogP contribution is 2.13. The monoisotopic (exact) mass is 157 g/mol. The van der Waals surface area contributed by atoms with Gasteiger partial charge in [-0.25, -0.2) is 4.79 Å². The Labute approximate surface area is 65.0 Å². The third-order valence-electron chi connectivity index (χ3n) is 1.45. The first-order valence-corrected chi connectivity index (χ1v) is 3.44. The molecule has 0 aliphatic carbocycles. The minimum Gasteiger partial charge on any atom is -0.468 e. The average Bonchev–Trinajstić information content (AvgIpc) is 2.03. The molecule has 0 fully saturated rings. The summed E-state index contributed by atoms with van der Waals surface area (Å²) < 4.78 is 9.45. The second-order valence-corrected chi connectivity index (χ2v) is 2.29. The van der Waals surface area contributed by atoms with Crippen molar-refractivity contribution in [3.05, 3.63) is 11.8 Å². The van der Waals surface area contributed by atoms with Gasteiger partial charge in [-0.05, 0) is 12.5 Å². The lowest BCUT2D eigenvalue weighted by Gasteiger charge is -2.18. The van der Waals surface area contributed by atoms with E-state index in [1.165, 1.54) is 7.11 Å². The van der Waals surface area contributed by atoms with Crippen LogP contribution in [0.15, 0.2) is 11.8 Å². The summed E-state index contributed by atoms with van der Waals surface area (Å²) in [4.78, 5) is 10.8. The van der Waals surface area contributed by atoms with Gasteiger partial charge >= 0.3 is 5.97 Å². The van der Waals surface area contributed by atoms with E-state index in [0.717, 1.165) is 12.8 Å². The molecule has 0 aromatic rings. The van der Waals surface area contributed by atoms with Crippen molar-refractivity contribution in [1.29, 1.82) is 0 Å². The number of rotatable bonds is 1. The zero-order valence-corrected chi connectivity index (χ0v) is 6.37. The Bertz CT molecular complexity index is 188. The Kier molecular flexibility index (Phi) is 2.48. The van der Waals surface area contributed by atoms with Crippen LogP contribution >= 0.6 is 0 Å². The maximum Gasteiger partial charge on any atom is 0.373 e. The van der Waals surface area contributed by atoms with Crippen LogP contribution in [0.25, 0.3) is 0 Å². The first-order chi connectivity index (χ1) is 5.24. The van der Waals surface area contributed by atoms with E-state index in [1.54, 1.807) is 6.08 Å². The molecule has 4 heteroatoms. The molecule has 1 atom stereocenters. The second kappa shape index (κ2) is 3.39. The van der Waals surface area contributed by atoms with Gasteiger partial charge in [-0.2, -0.15) is 0 Å². The average molecular weight is 157 g/mol. The number of carbonyl (C=O) groups excluding carboxylic acids is 1. The van der Waals surface area contributed by atoms with Crippen LogP contribution < -0.4 is 5.73 Å². The molecule has 1 rings (SSSR count). The van der Waals surface area contributed by atoms with Crippen molar-refractivity contribution in [1.82, 2.24) is 0 Å². The molecule has 11 heavy (non-hydrogen) atoms. The van der Waals surface area contributed by atoms with Gasteiger partial charge in [0.15, 0.2) is 0 Å². The molecule has 0 radical (unpaired) electrons. The Morgan fingerprint density at radius 3 is 3.18 bits per heavy atom. The van der Waals surface area contributed by atoms with Gasteiger partial charge < -0.3 is 9.47 Å². The summed E-state index contributed by atoms with van der Waals surface area (Å²) in [5.74, 6) is -0.230. The fraction of sp³-hybridized carbons (Fsp3) is 0.571. The molecule has 0 amide bonds. The van der Waals surface area contributed by atoms with Crippen LogP contribution in [-0.2, 0) is 14.3 Å². The number of esters is 1. The van der Waals surface area contributed by atoms with Crippen molar-refractivity contribution in [3.8, 4) is 0 Å². The summed E-state index contributed by atoms with van der Waals surface area (Å²) in [6, 6.07) is 0. The van der Waals surface area contributed by atoms with Crippen molar-refractivity contribution in [2.24, 2.45) is 5.73 Å². The Morgan fingerprint density at radius 1 is 1.91 bits per heavy atom. The molecule has 0 aromatic carbocycles. The Hall–Kier alpha value is -1.03. The highest BCUT2D eigenvalue weighted by atomic mass is 16.6. The molecule has 1 aliphatic rings. The minimum atomic E-state index is -0.458. The molecule has 1 unspecified atom stereocenters. The van der Waals surface area contributed by atoms with Gasteiger partial charge in [0.05, 0.1) is 7.11 Å². The molecule has 2 N–H and O–H groups in total. The van der Waals surface area contributed by atoms with Gasteiger partial charge in [-0.3, -0.25) is 5.73 Å². The summed E-state index contributed by atoms with van der Waals surface area (Å²) >= 11 is 0. The van der Waals surface area contributed by atoms with Crippen molar-refractivity contribution in [3.63, 3.8) is 0 Å². The highest BCUT2D eigenvalue weighted by Gasteiger charge is 2.18. The van der Waals surface area contributed by atoms with E-state index in [-0.39, 0.29) is 12.0 Å². The van der Waals surface area contributed by atoms with E-state index < -0.39 is 5.97 Å². The molecule has 4 nitrogen and oxygen atoms in total. The fourth-order valence-electron chi connectivity index (χ4n) is 0.881. The van der Waals surface area contributed by atoms with Gasteiger partial charge in [0.2, 0.25) is 5.76 Å². The van der Waals surface area contributed by atoms with Crippen LogP contribution in [0, 0.1) is 0 Å². The number of allylic oxidation sites excluding steroid dienone is 1. The number of methoxy groups -OCH3 is 1. The second-order valence-electron chi connectivity index (χ2n) is 2.29. The third kappa shape index (κ3) is 1.94. The lowest BCUT2D eigenvalue weighted by atomic mass is 10.2. The van der Waals surface area contributed by atoms with Gasteiger partial charge in [0.1, 0.15) is 6.23 Å². The van der Waals surface area contributed by atoms with E-state index in [2.05, 4.69) is 4.74 Å². The van der Waals surface area contributed by atoms with Gasteiger partial charge in [-0.15, -0.1) is 0 Å². The molecule has 0 saturated heterocycles. The van der Waals surface area contributed by atoms with Crippen LogP contribution in [0.1, 0.15) is 12.8 Å². The number of ether oxygens (including phenoxy) is 2.